The monoisotopic (exact) mass is 193 g/mol. The van der Waals surface area contributed by atoms with Crippen molar-refractivity contribution in [3.8, 4) is 0 Å². The molecule has 5 heteroatoms. The standard InChI is InChI=1S/C9H11N3O2/c1-6-2-3-11-8(4-6)12-5-7(10)14-9(12)13/h2-4,7H,5,10H2,1H3. The van der Waals surface area contributed by atoms with Gasteiger partial charge in [-0.1, -0.05) is 0 Å². The fourth-order valence-electron chi connectivity index (χ4n) is 1.34. The lowest BCUT2D eigenvalue weighted by Gasteiger charge is -2.11. The van der Waals surface area contributed by atoms with Gasteiger partial charge in [-0.2, -0.15) is 0 Å². The maximum Gasteiger partial charge on any atom is 0.417 e. The van der Waals surface area contributed by atoms with Gasteiger partial charge in [0.05, 0.1) is 6.54 Å². The average molecular weight is 193 g/mol. The number of hydrogen-bond acceptors (Lipinski definition) is 4. The summed E-state index contributed by atoms with van der Waals surface area (Å²) in [6.45, 7) is 2.29. The fraction of sp³-hybridized carbons (Fsp3) is 0.333. The van der Waals surface area contributed by atoms with Gasteiger partial charge in [-0.25, -0.2) is 9.78 Å². The van der Waals surface area contributed by atoms with Gasteiger partial charge in [-0.15, -0.1) is 0 Å². The number of carbonyl (C=O) groups excluding carboxylic acids is 1. The van der Waals surface area contributed by atoms with Crippen molar-refractivity contribution in [1.82, 2.24) is 4.98 Å². The molecular formula is C9H11N3O2. The number of nitrogens with two attached hydrogens (primary N) is 1. The van der Waals surface area contributed by atoms with Gasteiger partial charge in [0, 0.05) is 6.20 Å². The van der Waals surface area contributed by atoms with Crippen LogP contribution in [0, 0.1) is 6.92 Å². The van der Waals surface area contributed by atoms with Crippen LogP contribution in [0.3, 0.4) is 0 Å². The molecule has 1 amide bonds. The summed E-state index contributed by atoms with van der Waals surface area (Å²) >= 11 is 0. The molecule has 1 aromatic rings. The maximum atomic E-state index is 11.3. The van der Waals surface area contributed by atoms with Gasteiger partial charge < -0.3 is 4.74 Å². The average Bonchev–Trinajstić information content (AvgIpc) is 2.45. The van der Waals surface area contributed by atoms with Gasteiger partial charge in [0.1, 0.15) is 5.82 Å². The predicted molar refractivity (Wildman–Crippen MR) is 50.8 cm³/mol. The molecule has 0 aromatic carbocycles. The Morgan fingerprint density at radius 3 is 3.07 bits per heavy atom. The Labute approximate surface area is 81.5 Å². The van der Waals surface area contributed by atoms with Crippen LogP contribution in [0.2, 0.25) is 0 Å². The molecule has 0 bridgehead atoms. The van der Waals surface area contributed by atoms with Crippen LogP contribution in [0.4, 0.5) is 10.6 Å². The molecule has 1 aromatic heterocycles. The fourth-order valence-corrected chi connectivity index (χ4v) is 1.34. The summed E-state index contributed by atoms with van der Waals surface area (Å²) in [6, 6.07) is 3.68. The van der Waals surface area contributed by atoms with E-state index in [1.165, 1.54) is 4.90 Å². The molecule has 1 aliphatic rings. The minimum Gasteiger partial charge on any atom is -0.428 e. The topological polar surface area (TPSA) is 68.5 Å². The van der Waals surface area contributed by atoms with Crippen molar-refractivity contribution in [3.63, 3.8) is 0 Å². The third-order valence-electron chi connectivity index (χ3n) is 2.01. The van der Waals surface area contributed by atoms with E-state index in [1.54, 1.807) is 6.20 Å². The van der Waals surface area contributed by atoms with Crippen molar-refractivity contribution in [2.45, 2.75) is 13.2 Å². The Bertz CT molecular complexity index is 367. The molecule has 0 aliphatic carbocycles. The molecule has 1 aliphatic heterocycles. The second-order valence-corrected chi connectivity index (χ2v) is 3.22. The van der Waals surface area contributed by atoms with Crippen molar-refractivity contribution in [1.29, 1.82) is 0 Å². The third-order valence-corrected chi connectivity index (χ3v) is 2.01. The van der Waals surface area contributed by atoms with Gasteiger partial charge >= 0.3 is 6.09 Å². The first-order valence-electron chi connectivity index (χ1n) is 4.33. The molecule has 1 atom stereocenters. The molecule has 74 valence electrons. The number of amides is 1. The van der Waals surface area contributed by atoms with Crippen molar-refractivity contribution in [2.75, 3.05) is 11.4 Å². The number of pyridine rings is 1. The van der Waals surface area contributed by atoms with Gasteiger partial charge in [-0.3, -0.25) is 10.6 Å². The highest BCUT2D eigenvalue weighted by molar-refractivity contribution is 5.88. The minimum atomic E-state index is -0.551. The predicted octanol–water partition coefficient (Wildman–Crippen LogP) is 0.631. The van der Waals surface area contributed by atoms with Crippen LogP contribution in [-0.4, -0.2) is 23.8 Å². The Morgan fingerprint density at radius 2 is 2.50 bits per heavy atom. The number of anilines is 1. The van der Waals surface area contributed by atoms with Crippen LogP contribution in [0.1, 0.15) is 5.56 Å². The molecule has 1 unspecified atom stereocenters. The normalized spacial score (nSPS) is 21.1. The van der Waals surface area contributed by atoms with Gasteiger partial charge in [0.15, 0.2) is 6.23 Å². The summed E-state index contributed by atoms with van der Waals surface area (Å²) in [6.07, 6.45) is 0.669. The first-order valence-corrected chi connectivity index (χ1v) is 4.33. The molecule has 0 spiro atoms. The number of aromatic nitrogens is 1. The molecule has 14 heavy (non-hydrogen) atoms. The van der Waals surface area contributed by atoms with E-state index in [0.717, 1.165) is 5.56 Å². The molecule has 0 radical (unpaired) electrons. The van der Waals surface area contributed by atoms with Crippen LogP contribution < -0.4 is 10.6 Å². The van der Waals surface area contributed by atoms with Crippen molar-refractivity contribution >= 4 is 11.9 Å². The lowest BCUT2D eigenvalue weighted by Crippen LogP contribution is -2.28. The summed E-state index contributed by atoms with van der Waals surface area (Å²) in [5.41, 5.74) is 6.52. The van der Waals surface area contributed by atoms with Gasteiger partial charge in [0.2, 0.25) is 0 Å². The Morgan fingerprint density at radius 1 is 1.71 bits per heavy atom. The molecule has 2 heterocycles. The number of rotatable bonds is 1. The number of ether oxygens (including phenoxy) is 1. The second kappa shape index (κ2) is 3.26. The minimum absolute atomic E-state index is 0.356. The molecule has 0 saturated carbocycles. The van der Waals surface area contributed by atoms with Crippen molar-refractivity contribution in [3.05, 3.63) is 23.9 Å². The highest BCUT2D eigenvalue weighted by Crippen LogP contribution is 2.17. The van der Waals surface area contributed by atoms with E-state index in [-0.39, 0.29) is 0 Å². The smallest absolute Gasteiger partial charge is 0.417 e. The van der Waals surface area contributed by atoms with E-state index >= 15 is 0 Å². The van der Waals surface area contributed by atoms with Crippen LogP contribution in [0.5, 0.6) is 0 Å². The number of nitrogens with zero attached hydrogens (tertiary/aromatic N) is 2. The lowest BCUT2D eigenvalue weighted by molar-refractivity contribution is 0.144. The van der Waals surface area contributed by atoms with Gasteiger partial charge in [-0.05, 0) is 24.6 Å². The Balaban J connectivity index is 2.27. The number of aryl methyl sites for hydroxylation is 1. The zero-order chi connectivity index (χ0) is 10.1. The van der Waals surface area contributed by atoms with Gasteiger partial charge in [0.25, 0.3) is 0 Å². The second-order valence-electron chi connectivity index (χ2n) is 3.22. The maximum absolute atomic E-state index is 11.3. The number of hydrogen-bond donors (Lipinski definition) is 1. The molecule has 2 rings (SSSR count). The molecular weight excluding hydrogens is 182 g/mol. The Hall–Kier alpha value is -1.62. The Kier molecular flexibility index (Phi) is 2.09. The van der Waals surface area contributed by atoms with E-state index in [0.29, 0.717) is 12.4 Å². The molecule has 2 N–H and O–H groups in total. The number of cyclic esters (lactones) is 1. The SMILES string of the molecule is Cc1ccnc(N2CC(N)OC2=O)c1. The first kappa shape index (κ1) is 8.96. The van der Waals surface area contributed by atoms with Crippen LogP contribution >= 0.6 is 0 Å². The lowest BCUT2D eigenvalue weighted by atomic mass is 10.3. The van der Waals surface area contributed by atoms with E-state index in [2.05, 4.69) is 4.98 Å². The van der Waals surface area contributed by atoms with Crippen LogP contribution in [0.25, 0.3) is 0 Å². The summed E-state index contributed by atoms with van der Waals surface area (Å²) in [5, 5.41) is 0. The summed E-state index contributed by atoms with van der Waals surface area (Å²) < 4.78 is 4.79. The first-order chi connectivity index (χ1) is 6.66. The molecule has 5 nitrogen and oxygen atoms in total. The van der Waals surface area contributed by atoms with E-state index in [1.807, 2.05) is 19.1 Å². The highest BCUT2D eigenvalue weighted by atomic mass is 16.6. The zero-order valence-electron chi connectivity index (χ0n) is 7.80. The summed E-state index contributed by atoms with van der Waals surface area (Å²) in [5.74, 6) is 0.586. The quantitative estimate of drug-likeness (QED) is 0.710. The number of carbonyl (C=O) groups is 1. The van der Waals surface area contributed by atoms with Crippen molar-refractivity contribution < 1.29 is 9.53 Å². The summed E-state index contributed by atoms with van der Waals surface area (Å²) in [4.78, 5) is 16.8. The summed E-state index contributed by atoms with van der Waals surface area (Å²) in [7, 11) is 0. The third kappa shape index (κ3) is 1.54. The molecule has 1 saturated heterocycles. The van der Waals surface area contributed by atoms with E-state index < -0.39 is 12.3 Å². The van der Waals surface area contributed by atoms with E-state index in [9.17, 15) is 4.79 Å². The van der Waals surface area contributed by atoms with Crippen LogP contribution in [0.15, 0.2) is 18.3 Å². The van der Waals surface area contributed by atoms with Crippen LogP contribution in [-0.2, 0) is 4.74 Å². The largest absolute Gasteiger partial charge is 0.428 e. The zero-order valence-corrected chi connectivity index (χ0v) is 7.80. The van der Waals surface area contributed by atoms with Crippen molar-refractivity contribution in [2.24, 2.45) is 5.73 Å². The molecule has 1 fully saturated rings. The highest BCUT2D eigenvalue weighted by Gasteiger charge is 2.30. The van der Waals surface area contributed by atoms with E-state index in [4.69, 9.17) is 10.5 Å².